The number of rotatable bonds is 5. The Morgan fingerprint density at radius 2 is 1.67 bits per heavy atom. The third-order valence-electron chi connectivity index (χ3n) is 5.44. The first kappa shape index (κ1) is 20.2. The van der Waals surface area contributed by atoms with E-state index in [1.807, 2.05) is 73.0 Å². The summed E-state index contributed by atoms with van der Waals surface area (Å²) in [7, 11) is 0. The van der Waals surface area contributed by atoms with Crippen molar-refractivity contribution in [3.63, 3.8) is 0 Å². The molecule has 1 aliphatic rings. The zero-order valence-corrected chi connectivity index (χ0v) is 17.7. The second-order valence-electron chi connectivity index (χ2n) is 7.28. The molecular weight excluding hydrogens is 392 g/mol. The predicted molar refractivity (Wildman–Crippen MR) is 120 cm³/mol. The molecule has 1 aliphatic heterocycles. The van der Waals surface area contributed by atoms with E-state index in [1.54, 1.807) is 28.8 Å². The minimum Gasteiger partial charge on any atom is -0.350 e. The van der Waals surface area contributed by atoms with Crippen molar-refractivity contribution in [2.75, 3.05) is 12.8 Å². The molecule has 0 spiro atoms. The first-order valence-electron chi connectivity index (χ1n) is 10.0. The highest BCUT2D eigenvalue weighted by atomic mass is 32.2. The van der Waals surface area contributed by atoms with Crippen molar-refractivity contribution in [2.24, 2.45) is 0 Å². The zero-order valence-electron chi connectivity index (χ0n) is 16.9. The van der Waals surface area contributed by atoms with Gasteiger partial charge in [-0.25, -0.2) is 0 Å². The number of thioether (sulfide) groups is 1. The van der Waals surface area contributed by atoms with Gasteiger partial charge in [0.15, 0.2) is 0 Å². The summed E-state index contributed by atoms with van der Waals surface area (Å²) in [5.74, 6) is -0.269. The number of hydrogen-bond acceptors (Lipinski definition) is 3. The van der Waals surface area contributed by atoms with Crippen molar-refractivity contribution in [1.29, 1.82) is 0 Å². The average molecular weight is 417 g/mol. The first-order valence-corrected chi connectivity index (χ1v) is 11.2. The molecule has 4 rings (SSSR count). The minimum absolute atomic E-state index is 0.116. The van der Waals surface area contributed by atoms with E-state index in [0.717, 1.165) is 23.1 Å². The number of fused-ring (bicyclic) bond motifs is 1. The highest BCUT2D eigenvalue weighted by Crippen LogP contribution is 2.31. The van der Waals surface area contributed by atoms with E-state index in [-0.39, 0.29) is 11.8 Å². The third kappa shape index (κ3) is 4.26. The lowest BCUT2D eigenvalue weighted by molar-refractivity contribution is -0.126. The second-order valence-corrected chi connectivity index (χ2v) is 8.16. The van der Waals surface area contributed by atoms with E-state index < -0.39 is 6.04 Å². The highest BCUT2D eigenvalue weighted by molar-refractivity contribution is 7.98. The lowest BCUT2D eigenvalue weighted by atomic mass is 9.91. The maximum Gasteiger partial charge on any atom is 0.254 e. The molecule has 4 nitrogen and oxygen atoms in total. The van der Waals surface area contributed by atoms with Crippen molar-refractivity contribution < 1.29 is 9.59 Å². The van der Waals surface area contributed by atoms with Gasteiger partial charge in [0.25, 0.3) is 5.91 Å². The lowest BCUT2D eigenvalue weighted by Crippen LogP contribution is -2.47. The third-order valence-corrected chi connectivity index (χ3v) is 6.18. The second kappa shape index (κ2) is 9.18. The van der Waals surface area contributed by atoms with Gasteiger partial charge in [-0.05, 0) is 53.6 Å². The molecule has 0 unspecified atom stereocenters. The Morgan fingerprint density at radius 3 is 2.40 bits per heavy atom. The quantitative estimate of drug-likeness (QED) is 0.625. The van der Waals surface area contributed by atoms with Crippen LogP contribution in [0.2, 0.25) is 0 Å². The minimum atomic E-state index is -0.631. The molecule has 3 aromatic carbocycles. The van der Waals surface area contributed by atoms with E-state index in [1.165, 1.54) is 4.90 Å². The van der Waals surface area contributed by atoms with Crippen molar-refractivity contribution in [2.45, 2.75) is 23.9 Å². The molecule has 0 saturated carbocycles. The van der Waals surface area contributed by atoms with E-state index in [9.17, 15) is 9.59 Å². The smallest absolute Gasteiger partial charge is 0.254 e. The monoisotopic (exact) mass is 416 g/mol. The van der Waals surface area contributed by atoms with Crippen LogP contribution in [0.25, 0.3) is 0 Å². The van der Waals surface area contributed by atoms with Crippen LogP contribution in [0.15, 0.2) is 83.8 Å². The Hall–Kier alpha value is -3.05. The first-order chi connectivity index (χ1) is 14.7. The topological polar surface area (TPSA) is 49.4 Å². The van der Waals surface area contributed by atoms with Gasteiger partial charge in [-0.15, -0.1) is 11.8 Å². The van der Waals surface area contributed by atoms with Gasteiger partial charge in [-0.2, -0.15) is 0 Å². The van der Waals surface area contributed by atoms with Gasteiger partial charge < -0.3 is 10.2 Å². The Balaban J connectivity index is 1.58. The van der Waals surface area contributed by atoms with Gasteiger partial charge in [-0.1, -0.05) is 54.6 Å². The van der Waals surface area contributed by atoms with E-state index in [0.29, 0.717) is 18.7 Å². The lowest BCUT2D eigenvalue weighted by Gasteiger charge is -2.36. The summed E-state index contributed by atoms with van der Waals surface area (Å²) >= 11 is 1.69. The fourth-order valence-corrected chi connectivity index (χ4v) is 4.25. The normalized spacial score (nSPS) is 15.4. The molecule has 0 saturated heterocycles. The van der Waals surface area contributed by atoms with Crippen molar-refractivity contribution in [3.8, 4) is 0 Å². The van der Waals surface area contributed by atoms with Crippen LogP contribution in [0.1, 0.15) is 33.1 Å². The fraction of sp³-hybridized carbons (Fsp3) is 0.200. The molecule has 1 N–H and O–H groups in total. The summed E-state index contributed by atoms with van der Waals surface area (Å²) in [5, 5.41) is 3.04. The summed E-state index contributed by atoms with van der Waals surface area (Å²) in [6.45, 7) is 0.949. The molecule has 0 aliphatic carbocycles. The highest BCUT2D eigenvalue weighted by Gasteiger charge is 2.36. The fourth-order valence-electron chi connectivity index (χ4n) is 3.84. The Labute approximate surface area is 181 Å². The van der Waals surface area contributed by atoms with Crippen LogP contribution in [0.5, 0.6) is 0 Å². The van der Waals surface area contributed by atoms with Crippen LogP contribution in [-0.2, 0) is 17.8 Å². The van der Waals surface area contributed by atoms with Gasteiger partial charge >= 0.3 is 0 Å². The summed E-state index contributed by atoms with van der Waals surface area (Å²) in [6, 6.07) is 24.6. The molecule has 2 amide bonds. The molecule has 0 radical (unpaired) electrons. The molecule has 1 heterocycles. The van der Waals surface area contributed by atoms with Gasteiger partial charge in [0.05, 0.1) is 0 Å². The molecule has 30 heavy (non-hydrogen) atoms. The van der Waals surface area contributed by atoms with E-state index in [2.05, 4.69) is 5.32 Å². The van der Waals surface area contributed by atoms with E-state index >= 15 is 0 Å². The van der Waals surface area contributed by atoms with Crippen LogP contribution in [-0.4, -0.2) is 29.5 Å². The van der Waals surface area contributed by atoms with Crippen LogP contribution in [0, 0.1) is 0 Å². The predicted octanol–water partition coefficient (Wildman–Crippen LogP) is 4.46. The SMILES string of the molecule is CSc1ccc(CNC(=O)[C@@H]2c3ccccc3CCN2C(=O)c2ccccc2)cc1. The number of benzene rings is 3. The summed E-state index contributed by atoms with van der Waals surface area (Å²) in [6.07, 6.45) is 2.78. The summed E-state index contributed by atoms with van der Waals surface area (Å²) in [5.41, 5.74) is 3.66. The maximum atomic E-state index is 13.3. The van der Waals surface area contributed by atoms with Gasteiger partial charge in [0.1, 0.15) is 6.04 Å². The van der Waals surface area contributed by atoms with Gasteiger partial charge in [0, 0.05) is 23.5 Å². The summed E-state index contributed by atoms with van der Waals surface area (Å²) < 4.78 is 0. The van der Waals surface area contributed by atoms with Crippen LogP contribution >= 0.6 is 11.8 Å². The van der Waals surface area contributed by atoms with Gasteiger partial charge in [-0.3, -0.25) is 9.59 Å². The largest absolute Gasteiger partial charge is 0.350 e. The maximum absolute atomic E-state index is 13.3. The standard InChI is InChI=1S/C25H24N2O2S/c1-30-21-13-11-18(12-14-21)17-26-24(28)23-22-10-6-5-7-19(22)15-16-27(23)25(29)20-8-3-2-4-9-20/h2-14,23H,15-17H2,1H3,(H,26,28)/t23-/m0/s1. The van der Waals surface area contributed by atoms with Crippen molar-refractivity contribution in [1.82, 2.24) is 10.2 Å². The molecule has 152 valence electrons. The Kier molecular flexibility index (Phi) is 6.19. The molecule has 0 bridgehead atoms. The van der Waals surface area contributed by atoms with Crippen LogP contribution in [0.4, 0.5) is 0 Å². The van der Waals surface area contributed by atoms with Gasteiger partial charge in [0.2, 0.25) is 5.91 Å². The number of carbonyl (C=O) groups is 2. The summed E-state index contributed by atoms with van der Waals surface area (Å²) in [4.78, 5) is 29.4. The Morgan fingerprint density at radius 1 is 0.967 bits per heavy atom. The average Bonchev–Trinajstić information content (AvgIpc) is 2.82. The molecule has 0 fully saturated rings. The zero-order chi connectivity index (χ0) is 20.9. The molecule has 1 atom stereocenters. The van der Waals surface area contributed by atoms with E-state index in [4.69, 9.17) is 0 Å². The molecule has 5 heteroatoms. The van der Waals surface area contributed by atoms with Crippen molar-refractivity contribution >= 4 is 23.6 Å². The van der Waals surface area contributed by atoms with Crippen molar-refractivity contribution in [3.05, 3.63) is 101 Å². The number of hydrogen-bond donors (Lipinski definition) is 1. The van der Waals surface area contributed by atoms with Crippen LogP contribution < -0.4 is 5.32 Å². The molecular formula is C25H24N2O2S. The molecule has 3 aromatic rings. The Bertz CT molecular complexity index is 1030. The number of nitrogens with zero attached hydrogens (tertiary/aromatic N) is 1. The number of carbonyl (C=O) groups excluding carboxylic acids is 2. The number of nitrogens with one attached hydrogen (secondary N) is 1. The van der Waals surface area contributed by atoms with Crippen LogP contribution in [0.3, 0.4) is 0 Å². The molecule has 0 aromatic heterocycles. The number of amides is 2.